The number of nitrogens with one attached hydrogen (secondary N) is 1. The van der Waals surface area contributed by atoms with Crippen LogP contribution in [0.4, 0.5) is 4.39 Å². The average molecular weight is 284 g/mol. The number of nitrogens with zero attached hydrogens (tertiary/aromatic N) is 1. The zero-order chi connectivity index (χ0) is 13.7. The van der Waals surface area contributed by atoms with Crippen LogP contribution in [0.5, 0.6) is 0 Å². The molecule has 1 fully saturated rings. The van der Waals surface area contributed by atoms with Crippen LogP contribution in [0.1, 0.15) is 0 Å². The molecule has 0 bridgehead atoms. The quantitative estimate of drug-likeness (QED) is 0.798. The van der Waals surface area contributed by atoms with Crippen LogP contribution >= 0.6 is 11.8 Å². The molecule has 0 aromatic heterocycles. The third-order valence-electron chi connectivity index (χ3n) is 3.11. The van der Waals surface area contributed by atoms with E-state index < -0.39 is 12.0 Å². The van der Waals surface area contributed by atoms with E-state index in [1.54, 1.807) is 18.2 Å². The molecule has 1 unspecified atom stereocenters. The first-order chi connectivity index (χ1) is 9.18. The highest BCUT2D eigenvalue weighted by Gasteiger charge is 2.27. The van der Waals surface area contributed by atoms with Crippen molar-refractivity contribution in [3.63, 3.8) is 0 Å². The second kappa shape index (κ2) is 6.88. The summed E-state index contributed by atoms with van der Waals surface area (Å²) in [4.78, 5) is 13.7. The van der Waals surface area contributed by atoms with Gasteiger partial charge >= 0.3 is 5.97 Å². The topological polar surface area (TPSA) is 52.6 Å². The Balaban J connectivity index is 1.84. The van der Waals surface area contributed by atoms with Gasteiger partial charge in [-0.2, -0.15) is 0 Å². The minimum atomic E-state index is -0.803. The third-order valence-corrected chi connectivity index (χ3v) is 4.14. The van der Waals surface area contributed by atoms with Crippen molar-refractivity contribution in [3.8, 4) is 0 Å². The maximum atomic E-state index is 13.4. The minimum absolute atomic E-state index is 0.220. The summed E-state index contributed by atoms with van der Waals surface area (Å²) in [6.07, 6.45) is 0. The monoisotopic (exact) mass is 284 g/mol. The zero-order valence-electron chi connectivity index (χ0n) is 10.5. The van der Waals surface area contributed by atoms with Gasteiger partial charge in [-0.3, -0.25) is 9.69 Å². The van der Waals surface area contributed by atoms with Crippen LogP contribution in [0.3, 0.4) is 0 Å². The Bertz CT molecular complexity index is 444. The van der Waals surface area contributed by atoms with Gasteiger partial charge in [0.25, 0.3) is 0 Å². The van der Waals surface area contributed by atoms with E-state index >= 15 is 0 Å². The summed E-state index contributed by atoms with van der Waals surface area (Å²) in [5.41, 5.74) is 0. The molecule has 0 saturated carbocycles. The Labute approximate surface area is 116 Å². The molecule has 2 rings (SSSR count). The van der Waals surface area contributed by atoms with Crippen molar-refractivity contribution in [2.75, 3.05) is 31.9 Å². The maximum absolute atomic E-state index is 13.4. The van der Waals surface area contributed by atoms with Crippen molar-refractivity contribution in [2.45, 2.75) is 10.9 Å². The lowest BCUT2D eigenvalue weighted by atomic mass is 10.2. The Kier molecular flexibility index (Phi) is 5.18. The van der Waals surface area contributed by atoms with Crippen molar-refractivity contribution in [1.29, 1.82) is 0 Å². The fraction of sp³-hybridized carbons (Fsp3) is 0.462. The molecule has 0 spiro atoms. The SMILES string of the molecule is O=C(O)C1CNCCN1CCSc1ccccc1F. The minimum Gasteiger partial charge on any atom is -0.480 e. The highest BCUT2D eigenvalue weighted by Crippen LogP contribution is 2.21. The van der Waals surface area contributed by atoms with Crippen LogP contribution in [0.15, 0.2) is 29.2 Å². The van der Waals surface area contributed by atoms with Gasteiger partial charge in [0, 0.05) is 36.8 Å². The van der Waals surface area contributed by atoms with Crippen LogP contribution in [-0.4, -0.2) is 53.9 Å². The van der Waals surface area contributed by atoms with Gasteiger partial charge in [0.05, 0.1) is 0 Å². The van der Waals surface area contributed by atoms with E-state index in [0.717, 1.165) is 13.1 Å². The number of carbonyl (C=O) groups is 1. The number of carboxylic acid groups (broad SMARTS) is 1. The molecule has 1 atom stereocenters. The summed E-state index contributed by atoms with van der Waals surface area (Å²) in [5, 5.41) is 12.2. The molecule has 0 aliphatic carbocycles. The molecular formula is C13H17FN2O2S. The van der Waals surface area contributed by atoms with E-state index in [0.29, 0.717) is 23.7 Å². The lowest BCUT2D eigenvalue weighted by Gasteiger charge is -2.33. The number of thioether (sulfide) groups is 1. The molecule has 1 aromatic carbocycles. The third kappa shape index (κ3) is 3.92. The average Bonchev–Trinajstić information content (AvgIpc) is 2.41. The van der Waals surface area contributed by atoms with Crippen molar-refractivity contribution in [3.05, 3.63) is 30.1 Å². The predicted octanol–water partition coefficient (Wildman–Crippen LogP) is 1.28. The number of rotatable bonds is 5. The predicted molar refractivity (Wildman–Crippen MR) is 73.0 cm³/mol. The molecule has 0 radical (unpaired) electrons. The van der Waals surface area contributed by atoms with Crippen molar-refractivity contribution < 1.29 is 14.3 Å². The summed E-state index contributed by atoms with van der Waals surface area (Å²) in [7, 11) is 0. The second-order valence-electron chi connectivity index (χ2n) is 4.37. The molecule has 19 heavy (non-hydrogen) atoms. The van der Waals surface area contributed by atoms with E-state index in [2.05, 4.69) is 5.32 Å². The van der Waals surface area contributed by atoms with Gasteiger partial charge in [-0.05, 0) is 12.1 Å². The summed E-state index contributed by atoms with van der Waals surface area (Å²) in [6, 6.07) is 6.17. The van der Waals surface area contributed by atoms with Gasteiger partial charge in [0.1, 0.15) is 11.9 Å². The summed E-state index contributed by atoms with van der Waals surface area (Å²) in [5.74, 6) is -0.337. The van der Waals surface area contributed by atoms with Gasteiger partial charge in [-0.1, -0.05) is 12.1 Å². The molecule has 1 aliphatic rings. The molecule has 4 nitrogen and oxygen atoms in total. The second-order valence-corrected chi connectivity index (χ2v) is 5.51. The van der Waals surface area contributed by atoms with E-state index in [4.69, 9.17) is 5.11 Å². The Morgan fingerprint density at radius 3 is 3.05 bits per heavy atom. The fourth-order valence-corrected chi connectivity index (χ4v) is 3.02. The van der Waals surface area contributed by atoms with E-state index in [9.17, 15) is 9.18 Å². The van der Waals surface area contributed by atoms with Crippen LogP contribution in [0.25, 0.3) is 0 Å². The molecule has 6 heteroatoms. The Morgan fingerprint density at radius 2 is 2.32 bits per heavy atom. The van der Waals surface area contributed by atoms with E-state index in [1.165, 1.54) is 17.8 Å². The van der Waals surface area contributed by atoms with Crippen molar-refractivity contribution >= 4 is 17.7 Å². The van der Waals surface area contributed by atoms with Crippen molar-refractivity contribution in [2.24, 2.45) is 0 Å². The smallest absolute Gasteiger partial charge is 0.322 e. The van der Waals surface area contributed by atoms with Gasteiger partial charge in [0.15, 0.2) is 0 Å². The standard InChI is InChI=1S/C13H17FN2O2S/c14-10-3-1-2-4-12(10)19-8-7-16-6-5-15-9-11(16)13(17)18/h1-4,11,15H,5-9H2,(H,17,18). The van der Waals surface area contributed by atoms with Gasteiger partial charge in [-0.15, -0.1) is 11.8 Å². The van der Waals surface area contributed by atoms with Crippen LogP contribution < -0.4 is 5.32 Å². The van der Waals surface area contributed by atoms with Gasteiger partial charge < -0.3 is 10.4 Å². The number of benzene rings is 1. The first-order valence-corrected chi connectivity index (χ1v) is 7.22. The number of carboxylic acids is 1. The number of aliphatic carboxylic acids is 1. The Morgan fingerprint density at radius 1 is 1.53 bits per heavy atom. The molecule has 1 aromatic rings. The molecular weight excluding hydrogens is 267 g/mol. The van der Waals surface area contributed by atoms with E-state index in [-0.39, 0.29) is 5.82 Å². The van der Waals surface area contributed by atoms with Crippen molar-refractivity contribution in [1.82, 2.24) is 10.2 Å². The number of halogens is 1. The molecule has 104 valence electrons. The summed E-state index contributed by atoms with van der Waals surface area (Å²) < 4.78 is 13.4. The summed E-state index contributed by atoms with van der Waals surface area (Å²) in [6.45, 7) is 2.64. The van der Waals surface area contributed by atoms with Crippen LogP contribution in [0.2, 0.25) is 0 Å². The largest absolute Gasteiger partial charge is 0.480 e. The maximum Gasteiger partial charge on any atom is 0.322 e. The highest BCUT2D eigenvalue weighted by atomic mass is 32.2. The Hall–Kier alpha value is -1.11. The van der Waals surface area contributed by atoms with Gasteiger partial charge in [0.2, 0.25) is 0 Å². The first-order valence-electron chi connectivity index (χ1n) is 6.23. The molecule has 0 amide bonds. The lowest BCUT2D eigenvalue weighted by Crippen LogP contribution is -2.55. The molecule has 1 saturated heterocycles. The first kappa shape index (κ1) is 14.3. The number of hydrogen-bond acceptors (Lipinski definition) is 4. The number of piperazine rings is 1. The van der Waals surface area contributed by atoms with E-state index in [1.807, 2.05) is 4.90 Å². The normalized spacial score (nSPS) is 20.4. The lowest BCUT2D eigenvalue weighted by molar-refractivity contribution is -0.143. The summed E-state index contributed by atoms with van der Waals surface area (Å²) >= 11 is 1.42. The zero-order valence-corrected chi connectivity index (χ0v) is 11.3. The fourth-order valence-electron chi connectivity index (χ4n) is 2.09. The highest BCUT2D eigenvalue weighted by molar-refractivity contribution is 7.99. The number of hydrogen-bond donors (Lipinski definition) is 2. The molecule has 2 N–H and O–H groups in total. The van der Waals surface area contributed by atoms with Gasteiger partial charge in [-0.25, -0.2) is 4.39 Å². The molecule has 1 aliphatic heterocycles. The molecule has 1 heterocycles. The van der Waals surface area contributed by atoms with Crippen LogP contribution in [0, 0.1) is 5.82 Å². The van der Waals surface area contributed by atoms with Crippen LogP contribution in [-0.2, 0) is 4.79 Å².